The summed E-state index contributed by atoms with van der Waals surface area (Å²) >= 11 is 0. The predicted octanol–water partition coefficient (Wildman–Crippen LogP) is 3.79. The third kappa shape index (κ3) is 3.71. The number of rotatable bonds is 5. The van der Waals surface area contributed by atoms with Crippen LogP contribution in [0.1, 0.15) is 10.5 Å². The molecule has 0 fully saturated rings. The van der Waals surface area contributed by atoms with Gasteiger partial charge in [0.15, 0.2) is 5.69 Å². The van der Waals surface area contributed by atoms with Gasteiger partial charge in [0.2, 0.25) is 0 Å². The topological polar surface area (TPSA) is 82.5 Å². The van der Waals surface area contributed by atoms with Crippen LogP contribution in [0.5, 0.6) is 11.5 Å². The molecule has 31 heavy (non-hydrogen) atoms. The Labute approximate surface area is 176 Å². The number of halogens is 1. The Morgan fingerprint density at radius 1 is 0.968 bits per heavy atom. The Hall–Kier alpha value is -4.20. The van der Waals surface area contributed by atoms with E-state index in [1.54, 1.807) is 48.5 Å². The Balaban J connectivity index is 1.91. The van der Waals surface area contributed by atoms with Crippen LogP contribution >= 0.6 is 0 Å². The minimum Gasteiger partial charge on any atom is -0.497 e. The van der Waals surface area contributed by atoms with Crippen molar-refractivity contribution in [3.8, 4) is 17.2 Å². The van der Waals surface area contributed by atoms with Crippen molar-refractivity contribution < 1.29 is 18.7 Å². The minimum absolute atomic E-state index is 0.0122. The maximum atomic E-state index is 14.0. The lowest BCUT2D eigenvalue weighted by molar-refractivity contribution is 0.102. The summed E-state index contributed by atoms with van der Waals surface area (Å²) in [7, 11) is 2.97. The summed E-state index contributed by atoms with van der Waals surface area (Å²) in [6.45, 7) is 0. The van der Waals surface area contributed by atoms with Crippen LogP contribution in [0.3, 0.4) is 0 Å². The molecule has 0 aliphatic rings. The van der Waals surface area contributed by atoms with E-state index in [1.165, 1.54) is 32.4 Å². The fourth-order valence-corrected chi connectivity index (χ4v) is 3.22. The van der Waals surface area contributed by atoms with Gasteiger partial charge in [0.05, 0.1) is 25.3 Å². The summed E-state index contributed by atoms with van der Waals surface area (Å²) in [5.41, 5.74) is -0.116. The second-order valence-electron chi connectivity index (χ2n) is 6.58. The number of anilines is 1. The van der Waals surface area contributed by atoms with Crippen molar-refractivity contribution in [2.75, 3.05) is 19.5 Å². The quantitative estimate of drug-likeness (QED) is 0.532. The number of methoxy groups -OCH3 is 2. The second kappa shape index (κ2) is 8.27. The summed E-state index contributed by atoms with van der Waals surface area (Å²) in [6.07, 6.45) is 0. The van der Waals surface area contributed by atoms with Crippen molar-refractivity contribution >= 4 is 22.4 Å². The van der Waals surface area contributed by atoms with Gasteiger partial charge < -0.3 is 14.8 Å². The smallest absolute Gasteiger partial charge is 0.279 e. The molecule has 0 bridgehead atoms. The molecule has 1 N–H and O–H groups in total. The van der Waals surface area contributed by atoms with Gasteiger partial charge in [-0.25, -0.2) is 4.39 Å². The standard InChI is InChI=1S/C23H18FN3O4/c1-30-14-11-12-19(20(13-14)31-2)27-23(29)16-8-4-3-7-15(16)21(26-27)22(28)25-18-10-6-5-9-17(18)24/h3-13H,1-2H3,(H,25,28). The number of ether oxygens (including phenoxy) is 2. The zero-order chi connectivity index (χ0) is 22.0. The van der Waals surface area contributed by atoms with E-state index >= 15 is 0 Å². The van der Waals surface area contributed by atoms with Crippen molar-refractivity contribution in [1.82, 2.24) is 9.78 Å². The van der Waals surface area contributed by atoms with Gasteiger partial charge in [0, 0.05) is 11.5 Å². The van der Waals surface area contributed by atoms with Crippen LogP contribution in [0.15, 0.2) is 71.5 Å². The molecule has 0 saturated heterocycles. The predicted molar refractivity (Wildman–Crippen MR) is 115 cm³/mol. The first-order valence-electron chi connectivity index (χ1n) is 9.34. The van der Waals surface area contributed by atoms with E-state index in [-0.39, 0.29) is 16.8 Å². The number of nitrogens with one attached hydrogen (secondary N) is 1. The minimum atomic E-state index is -0.650. The summed E-state index contributed by atoms with van der Waals surface area (Å²) in [4.78, 5) is 26.2. The number of fused-ring (bicyclic) bond motifs is 1. The van der Waals surface area contributed by atoms with E-state index < -0.39 is 17.3 Å². The molecule has 8 heteroatoms. The van der Waals surface area contributed by atoms with Crippen LogP contribution in [0, 0.1) is 5.82 Å². The van der Waals surface area contributed by atoms with Gasteiger partial charge in [0.1, 0.15) is 23.0 Å². The molecule has 156 valence electrons. The van der Waals surface area contributed by atoms with E-state index in [9.17, 15) is 14.0 Å². The van der Waals surface area contributed by atoms with E-state index in [4.69, 9.17) is 9.47 Å². The molecule has 1 amide bonds. The highest BCUT2D eigenvalue weighted by Gasteiger charge is 2.20. The van der Waals surface area contributed by atoms with Gasteiger partial charge in [-0.1, -0.05) is 30.3 Å². The van der Waals surface area contributed by atoms with Gasteiger partial charge in [-0.15, -0.1) is 0 Å². The molecule has 7 nitrogen and oxygen atoms in total. The van der Waals surface area contributed by atoms with Crippen LogP contribution in [-0.4, -0.2) is 29.9 Å². The maximum Gasteiger partial charge on any atom is 0.279 e. The fraction of sp³-hybridized carbons (Fsp3) is 0.0870. The van der Waals surface area contributed by atoms with E-state index in [1.807, 2.05) is 0 Å². The first-order valence-corrected chi connectivity index (χ1v) is 9.34. The average molecular weight is 419 g/mol. The van der Waals surface area contributed by atoms with Crippen molar-refractivity contribution in [2.24, 2.45) is 0 Å². The number of amides is 1. The van der Waals surface area contributed by atoms with Crippen molar-refractivity contribution in [3.05, 3.63) is 88.6 Å². The molecule has 1 heterocycles. The summed E-state index contributed by atoms with van der Waals surface area (Å²) in [5.74, 6) is -0.357. The van der Waals surface area contributed by atoms with Crippen LogP contribution in [0.2, 0.25) is 0 Å². The number of hydrogen-bond acceptors (Lipinski definition) is 5. The van der Waals surface area contributed by atoms with Gasteiger partial charge >= 0.3 is 0 Å². The highest BCUT2D eigenvalue weighted by atomic mass is 19.1. The summed E-state index contributed by atoms with van der Waals surface area (Å²) in [6, 6.07) is 17.3. The largest absolute Gasteiger partial charge is 0.497 e. The maximum absolute atomic E-state index is 14.0. The Morgan fingerprint density at radius 3 is 2.39 bits per heavy atom. The second-order valence-corrected chi connectivity index (χ2v) is 6.58. The molecule has 4 aromatic rings. The van der Waals surface area contributed by atoms with Crippen molar-refractivity contribution in [2.45, 2.75) is 0 Å². The number of aromatic nitrogens is 2. The van der Waals surface area contributed by atoms with Gasteiger partial charge in [-0.05, 0) is 30.3 Å². The summed E-state index contributed by atoms with van der Waals surface area (Å²) < 4.78 is 25.7. The van der Waals surface area contributed by atoms with Gasteiger partial charge in [0.25, 0.3) is 11.5 Å². The third-order valence-corrected chi connectivity index (χ3v) is 4.76. The molecule has 0 unspecified atom stereocenters. The Morgan fingerprint density at radius 2 is 1.68 bits per heavy atom. The van der Waals surface area contributed by atoms with E-state index in [2.05, 4.69) is 10.4 Å². The van der Waals surface area contributed by atoms with Gasteiger partial charge in [-0.3, -0.25) is 9.59 Å². The molecule has 0 radical (unpaired) electrons. The van der Waals surface area contributed by atoms with Crippen molar-refractivity contribution in [3.63, 3.8) is 0 Å². The summed E-state index contributed by atoms with van der Waals surface area (Å²) in [5, 5.41) is 7.47. The zero-order valence-corrected chi connectivity index (χ0v) is 16.8. The van der Waals surface area contributed by atoms with Crippen LogP contribution in [-0.2, 0) is 0 Å². The lowest BCUT2D eigenvalue weighted by Gasteiger charge is -2.14. The molecule has 0 aliphatic carbocycles. The van der Waals surface area contributed by atoms with Crippen LogP contribution < -0.4 is 20.3 Å². The normalized spacial score (nSPS) is 10.7. The third-order valence-electron chi connectivity index (χ3n) is 4.76. The van der Waals surface area contributed by atoms with Gasteiger partial charge in [-0.2, -0.15) is 9.78 Å². The van der Waals surface area contributed by atoms with Crippen LogP contribution in [0.25, 0.3) is 16.5 Å². The lowest BCUT2D eigenvalue weighted by atomic mass is 10.1. The van der Waals surface area contributed by atoms with E-state index in [0.717, 1.165) is 4.68 Å². The number of carbonyl (C=O) groups excluding carboxylic acids is 1. The highest BCUT2D eigenvalue weighted by Crippen LogP contribution is 2.27. The Kier molecular flexibility index (Phi) is 5.36. The molecule has 0 saturated carbocycles. The molecule has 3 aromatic carbocycles. The molecule has 0 spiro atoms. The van der Waals surface area contributed by atoms with E-state index in [0.29, 0.717) is 22.6 Å². The number of para-hydroxylation sites is 1. The zero-order valence-electron chi connectivity index (χ0n) is 16.8. The molecule has 1 aromatic heterocycles. The first-order chi connectivity index (χ1) is 15.0. The SMILES string of the molecule is COc1ccc(-n2nc(C(=O)Nc3ccccc3F)c3ccccc3c2=O)c(OC)c1. The molecule has 0 aliphatic heterocycles. The number of hydrogen-bond donors (Lipinski definition) is 1. The number of nitrogens with zero attached hydrogens (tertiary/aromatic N) is 2. The van der Waals surface area contributed by atoms with Crippen LogP contribution in [0.4, 0.5) is 10.1 Å². The first kappa shape index (κ1) is 20.1. The molecular weight excluding hydrogens is 401 g/mol. The average Bonchev–Trinajstić information content (AvgIpc) is 2.80. The monoisotopic (exact) mass is 419 g/mol. The number of carbonyl (C=O) groups is 1. The highest BCUT2D eigenvalue weighted by molar-refractivity contribution is 6.11. The molecular formula is C23H18FN3O4. The fourth-order valence-electron chi connectivity index (χ4n) is 3.22. The molecule has 0 atom stereocenters. The Bertz CT molecular complexity index is 1350. The lowest BCUT2D eigenvalue weighted by Crippen LogP contribution is -2.27. The molecule has 4 rings (SSSR count). The number of benzene rings is 3. The van der Waals surface area contributed by atoms with Crippen molar-refractivity contribution in [1.29, 1.82) is 0 Å².